The molecule has 0 radical (unpaired) electrons. The maximum Gasteiger partial charge on any atom is 0.333 e. The van der Waals surface area contributed by atoms with Crippen molar-refractivity contribution in [3.8, 4) is 0 Å². The molecule has 3 atom stereocenters. The van der Waals surface area contributed by atoms with E-state index in [1.165, 1.54) is 0 Å². The summed E-state index contributed by atoms with van der Waals surface area (Å²) >= 11 is 0. The van der Waals surface area contributed by atoms with Crippen molar-refractivity contribution >= 4 is 5.97 Å². The largest absolute Gasteiger partial charge is 0.462 e. The van der Waals surface area contributed by atoms with Crippen LogP contribution in [0.4, 0.5) is 0 Å². The number of hydrogen-bond acceptors (Lipinski definition) is 5. The molecule has 1 aliphatic heterocycles. The van der Waals surface area contributed by atoms with Crippen LogP contribution in [0.15, 0.2) is 12.2 Å². The van der Waals surface area contributed by atoms with Crippen LogP contribution in [0.3, 0.4) is 0 Å². The summed E-state index contributed by atoms with van der Waals surface area (Å²) in [6.07, 6.45) is 3.03. The van der Waals surface area contributed by atoms with Crippen molar-refractivity contribution in [2.24, 2.45) is 5.92 Å². The average Bonchev–Trinajstić information content (AvgIpc) is 2.55. The number of esters is 1. The molecule has 1 aliphatic carbocycles. The first-order chi connectivity index (χ1) is 9.66. The van der Waals surface area contributed by atoms with E-state index in [1.807, 2.05) is 0 Å². The van der Waals surface area contributed by atoms with Gasteiger partial charge >= 0.3 is 5.97 Å². The van der Waals surface area contributed by atoms with Gasteiger partial charge in [0.1, 0.15) is 0 Å². The number of fused-ring (bicyclic) bond motifs is 1. The Hall–Kier alpha value is -0.910. The maximum atomic E-state index is 11.4. The van der Waals surface area contributed by atoms with Crippen LogP contribution in [0, 0.1) is 5.92 Å². The van der Waals surface area contributed by atoms with Crippen molar-refractivity contribution in [3.63, 3.8) is 0 Å². The molecule has 0 aromatic rings. The molecule has 2 aliphatic rings. The van der Waals surface area contributed by atoms with Gasteiger partial charge in [-0.1, -0.05) is 6.58 Å². The summed E-state index contributed by atoms with van der Waals surface area (Å²) in [7, 11) is 0. The Morgan fingerprint density at radius 1 is 1.15 bits per heavy atom. The van der Waals surface area contributed by atoms with E-state index in [2.05, 4.69) is 6.58 Å². The van der Waals surface area contributed by atoms with Crippen LogP contribution in [0.5, 0.6) is 0 Å². The molecule has 114 valence electrons. The predicted octanol–water partition coefficient (Wildman–Crippen LogP) is 1.71. The standard InChI is InChI=1S/C15H24O5/c1-11(2)15(16)20-10-12-3-4-13-14(9-12)19-8-6-17-5-7-18-13/h12-14H,1,3-10H2,2H3. The Kier molecular flexibility index (Phi) is 6.01. The lowest BCUT2D eigenvalue weighted by molar-refractivity contribution is -0.143. The first-order valence-corrected chi connectivity index (χ1v) is 7.30. The van der Waals surface area contributed by atoms with E-state index in [1.54, 1.807) is 6.92 Å². The molecule has 0 bridgehead atoms. The van der Waals surface area contributed by atoms with Gasteiger partial charge in [-0.15, -0.1) is 0 Å². The monoisotopic (exact) mass is 284 g/mol. The molecule has 1 saturated carbocycles. The molecule has 0 aromatic heterocycles. The number of hydrogen-bond donors (Lipinski definition) is 0. The Morgan fingerprint density at radius 2 is 1.85 bits per heavy atom. The SMILES string of the molecule is C=C(C)C(=O)OCC1CCC2OCCOCCOC2C1. The number of rotatable bonds is 3. The zero-order chi connectivity index (χ0) is 14.4. The van der Waals surface area contributed by atoms with E-state index in [9.17, 15) is 4.79 Å². The highest BCUT2D eigenvalue weighted by molar-refractivity contribution is 5.86. The fraction of sp³-hybridized carbons (Fsp3) is 0.800. The summed E-state index contributed by atoms with van der Waals surface area (Å²) in [6, 6.07) is 0. The normalized spacial score (nSPS) is 31.4. The number of carbonyl (C=O) groups excluding carboxylic acids is 1. The summed E-state index contributed by atoms with van der Waals surface area (Å²) in [5.41, 5.74) is 0.442. The molecule has 2 rings (SSSR count). The van der Waals surface area contributed by atoms with Crippen molar-refractivity contribution in [1.29, 1.82) is 0 Å². The van der Waals surface area contributed by atoms with Crippen molar-refractivity contribution in [1.82, 2.24) is 0 Å². The fourth-order valence-electron chi connectivity index (χ4n) is 2.64. The minimum Gasteiger partial charge on any atom is -0.462 e. The topological polar surface area (TPSA) is 54.0 Å². The maximum absolute atomic E-state index is 11.4. The van der Waals surface area contributed by atoms with Crippen LogP contribution in [0.1, 0.15) is 26.2 Å². The summed E-state index contributed by atoms with van der Waals surface area (Å²) in [4.78, 5) is 11.4. The van der Waals surface area contributed by atoms with E-state index < -0.39 is 0 Å². The third kappa shape index (κ3) is 4.58. The zero-order valence-electron chi connectivity index (χ0n) is 12.1. The van der Waals surface area contributed by atoms with Gasteiger partial charge in [0.2, 0.25) is 0 Å². The van der Waals surface area contributed by atoms with E-state index in [0.29, 0.717) is 44.5 Å². The molecule has 5 heteroatoms. The van der Waals surface area contributed by atoms with Crippen LogP contribution < -0.4 is 0 Å². The van der Waals surface area contributed by atoms with E-state index in [0.717, 1.165) is 19.3 Å². The third-order valence-corrected chi connectivity index (χ3v) is 3.76. The second kappa shape index (κ2) is 7.76. The number of carbonyl (C=O) groups is 1. The Bertz CT molecular complexity index is 341. The predicted molar refractivity (Wildman–Crippen MR) is 73.4 cm³/mol. The lowest BCUT2D eigenvalue weighted by Gasteiger charge is -2.35. The highest BCUT2D eigenvalue weighted by Gasteiger charge is 2.33. The van der Waals surface area contributed by atoms with Gasteiger partial charge in [0.25, 0.3) is 0 Å². The summed E-state index contributed by atoms with van der Waals surface area (Å²) in [5, 5.41) is 0. The average molecular weight is 284 g/mol. The van der Waals surface area contributed by atoms with Gasteiger partial charge in [0.05, 0.1) is 45.2 Å². The first kappa shape index (κ1) is 15.5. The molecule has 1 saturated heterocycles. The van der Waals surface area contributed by atoms with Gasteiger partial charge < -0.3 is 18.9 Å². The lowest BCUT2D eigenvalue weighted by atomic mass is 9.85. The second-order valence-corrected chi connectivity index (χ2v) is 5.49. The smallest absolute Gasteiger partial charge is 0.333 e. The zero-order valence-corrected chi connectivity index (χ0v) is 12.1. The molecule has 0 spiro atoms. The van der Waals surface area contributed by atoms with Crippen LogP contribution in [0.25, 0.3) is 0 Å². The molecular formula is C15H24O5. The van der Waals surface area contributed by atoms with Crippen LogP contribution >= 0.6 is 0 Å². The van der Waals surface area contributed by atoms with Gasteiger partial charge in [0, 0.05) is 5.57 Å². The lowest BCUT2D eigenvalue weighted by Crippen LogP contribution is -2.39. The summed E-state index contributed by atoms with van der Waals surface area (Å²) in [6.45, 7) is 8.15. The molecular weight excluding hydrogens is 260 g/mol. The molecule has 5 nitrogen and oxygen atoms in total. The van der Waals surface area contributed by atoms with Gasteiger partial charge in [-0.2, -0.15) is 0 Å². The van der Waals surface area contributed by atoms with Gasteiger partial charge in [-0.25, -0.2) is 4.79 Å². The Labute approximate surface area is 120 Å². The van der Waals surface area contributed by atoms with Crippen LogP contribution in [-0.4, -0.2) is 51.2 Å². The van der Waals surface area contributed by atoms with Gasteiger partial charge in [-0.05, 0) is 32.1 Å². The van der Waals surface area contributed by atoms with E-state index in [4.69, 9.17) is 18.9 Å². The molecule has 0 aromatic carbocycles. The molecule has 2 fully saturated rings. The Morgan fingerprint density at radius 3 is 2.55 bits per heavy atom. The van der Waals surface area contributed by atoms with Crippen molar-refractivity contribution < 1.29 is 23.7 Å². The van der Waals surface area contributed by atoms with Crippen molar-refractivity contribution in [3.05, 3.63) is 12.2 Å². The van der Waals surface area contributed by atoms with E-state index in [-0.39, 0.29) is 18.2 Å². The quantitative estimate of drug-likeness (QED) is 0.583. The molecule has 0 amide bonds. The van der Waals surface area contributed by atoms with E-state index >= 15 is 0 Å². The summed E-state index contributed by atoms with van der Waals surface area (Å²) < 4.78 is 22.3. The third-order valence-electron chi connectivity index (χ3n) is 3.76. The van der Waals surface area contributed by atoms with Crippen molar-refractivity contribution in [2.75, 3.05) is 33.0 Å². The minimum atomic E-state index is -0.313. The second-order valence-electron chi connectivity index (χ2n) is 5.49. The van der Waals surface area contributed by atoms with Gasteiger partial charge in [-0.3, -0.25) is 0 Å². The molecule has 3 unspecified atom stereocenters. The number of ether oxygens (including phenoxy) is 4. The van der Waals surface area contributed by atoms with Gasteiger partial charge in [0.15, 0.2) is 0 Å². The highest BCUT2D eigenvalue weighted by atomic mass is 16.6. The molecule has 20 heavy (non-hydrogen) atoms. The highest BCUT2D eigenvalue weighted by Crippen LogP contribution is 2.29. The van der Waals surface area contributed by atoms with Crippen LogP contribution in [-0.2, 0) is 23.7 Å². The minimum absolute atomic E-state index is 0.0824. The molecule has 0 N–H and O–H groups in total. The summed E-state index contributed by atoms with van der Waals surface area (Å²) in [5.74, 6) is 0.0250. The first-order valence-electron chi connectivity index (χ1n) is 7.30. The van der Waals surface area contributed by atoms with Crippen molar-refractivity contribution in [2.45, 2.75) is 38.4 Å². The Balaban J connectivity index is 1.81. The fourth-order valence-corrected chi connectivity index (χ4v) is 2.64. The molecule has 1 heterocycles. The van der Waals surface area contributed by atoms with Crippen LogP contribution in [0.2, 0.25) is 0 Å².